The summed E-state index contributed by atoms with van der Waals surface area (Å²) in [7, 11) is 0. The highest BCUT2D eigenvalue weighted by Gasteiger charge is 2.29. The molecule has 1 N–H and O–H groups in total. The number of rotatable bonds is 2. The van der Waals surface area contributed by atoms with Crippen molar-refractivity contribution in [3.8, 4) is 11.4 Å². The summed E-state index contributed by atoms with van der Waals surface area (Å²) in [5.41, 5.74) is 2.98. The molecule has 0 saturated carbocycles. The Morgan fingerprint density at radius 3 is 2.43 bits per heavy atom. The zero-order valence-corrected chi connectivity index (χ0v) is 17.0. The van der Waals surface area contributed by atoms with Crippen molar-refractivity contribution in [2.24, 2.45) is 0 Å². The molecule has 2 aliphatic heterocycles. The molecule has 28 heavy (non-hydrogen) atoms. The number of carbonyl (C=O) groups is 1. The molecule has 1 fully saturated rings. The van der Waals surface area contributed by atoms with Gasteiger partial charge in [-0.25, -0.2) is 14.8 Å². The zero-order chi connectivity index (χ0) is 19.7. The number of fused-ring (bicyclic) bond motifs is 1. The maximum Gasteiger partial charge on any atom is 0.318 e. The first-order chi connectivity index (χ1) is 13.4. The number of benzene rings is 1. The Bertz CT molecular complexity index is 853. The normalized spacial score (nSPS) is 16.8. The minimum absolute atomic E-state index is 0.0161. The van der Waals surface area contributed by atoms with Crippen molar-refractivity contribution >= 4 is 11.8 Å². The number of hydrogen-bond acceptors (Lipinski definition) is 4. The summed E-state index contributed by atoms with van der Waals surface area (Å²) in [6.45, 7) is 9.31. The van der Waals surface area contributed by atoms with Crippen molar-refractivity contribution in [1.29, 1.82) is 0 Å². The summed E-state index contributed by atoms with van der Waals surface area (Å²) >= 11 is 0. The van der Waals surface area contributed by atoms with Crippen molar-refractivity contribution in [3.63, 3.8) is 0 Å². The number of amides is 2. The molecule has 6 heteroatoms. The third-order valence-electron chi connectivity index (χ3n) is 5.25. The topological polar surface area (TPSA) is 61.4 Å². The lowest BCUT2D eigenvalue weighted by atomic mass is 10.0. The summed E-state index contributed by atoms with van der Waals surface area (Å²) in [6.07, 6.45) is 3.14. The van der Waals surface area contributed by atoms with Gasteiger partial charge < -0.3 is 15.1 Å². The molecule has 2 aromatic rings. The first-order valence-corrected chi connectivity index (χ1v) is 10.2. The van der Waals surface area contributed by atoms with Crippen LogP contribution in [-0.2, 0) is 13.0 Å². The standard InChI is InChI=1S/C22H29N5O/c1-22(2,3)25-21(28)27-14-11-18-17(15-27)20(26-12-7-8-13-26)24-19(23-18)16-9-5-4-6-10-16/h4-6,9-10H,7-8,11-15H2,1-3H3,(H,25,28). The molecule has 1 saturated heterocycles. The van der Waals surface area contributed by atoms with Gasteiger partial charge in [-0.2, -0.15) is 0 Å². The van der Waals surface area contributed by atoms with E-state index in [1.165, 1.54) is 12.8 Å². The molecule has 0 aliphatic carbocycles. The molecule has 6 nitrogen and oxygen atoms in total. The molecule has 1 aromatic carbocycles. The lowest BCUT2D eigenvalue weighted by Crippen LogP contribution is -2.50. The van der Waals surface area contributed by atoms with E-state index in [9.17, 15) is 4.79 Å². The molecule has 3 heterocycles. The lowest BCUT2D eigenvalue weighted by Gasteiger charge is -2.33. The molecule has 0 spiro atoms. The molecule has 0 bridgehead atoms. The minimum atomic E-state index is -0.247. The summed E-state index contributed by atoms with van der Waals surface area (Å²) in [5.74, 6) is 1.79. The molecular formula is C22H29N5O. The number of carbonyl (C=O) groups excluding carboxylic acids is 1. The van der Waals surface area contributed by atoms with E-state index in [-0.39, 0.29) is 11.6 Å². The van der Waals surface area contributed by atoms with E-state index < -0.39 is 0 Å². The quantitative estimate of drug-likeness (QED) is 0.866. The average Bonchev–Trinajstić information content (AvgIpc) is 3.20. The van der Waals surface area contributed by atoms with E-state index in [1.54, 1.807) is 0 Å². The van der Waals surface area contributed by atoms with Gasteiger partial charge in [0.15, 0.2) is 5.82 Å². The fourth-order valence-electron chi connectivity index (χ4n) is 3.88. The van der Waals surface area contributed by atoms with Gasteiger partial charge in [0.1, 0.15) is 5.82 Å². The Balaban J connectivity index is 1.69. The fourth-order valence-corrected chi connectivity index (χ4v) is 3.88. The SMILES string of the molecule is CC(C)(C)NC(=O)N1CCc2nc(-c3ccccc3)nc(N3CCCC3)c2C1. The maximum absolute atomic E-state index is 12.7. The number of anilines is 1. The minimum Gasteiger partial charge on any atom is -0.356 e. The van der Waals surface area contributed by atoms with Crippen molar-refractivity contribution in [2.75, 3.05) is 24.5 Å². The first-order valence-electron chi connectivity index (χ1n) is 10.2. The van der Waals surface area contributed by atoms with Crippen LogP contribution in [0.4, 0.5) is 10.6 Å². The van der Waals surface area contributed by atoms with Crippen LogP contribution in [-0.4, -0.2) is 46.1 Å². The van der Waals surface area contributed by atoms with Crippen molar-refractivity contribution < 1.29 is 4.79 Å². The lowest BCUT2D eigenvalue weighted by molar-refractivity contribution is 0.183. The molecule has 148 valence electrons. The van der Waals surface area contributed by atoms with Crippen LogP contribution in [0.3, 0.4) is 0 Å². The van der Waals surface area contributed by atoms with E-state index in [4.69, 9.17) is 9.97 Å². The predicted octanol–water partition coefficient (Wildman–Crippen LogP) is 3.61. The molecule has 1 aromatic heterocycles. The predicted molar refractivity (Wildman–Crippen MR) is 111 cm³/mol. The summed E-state index contributed by atoms with van der Waals surface area (Å²) in [5, 5.41) is 3.08. The smallest absolute Gasteiger partial charge is 0.318 e. The van der Waals surface area contributed by atoms with Gasteiger partial charge in [0, 0.05) is 42.7 Å². The molecular weight excluding hydrogens is 350 g/mol. The van der Waals surface area contributed by atoms with E-state index in [0.717, 1.165) is 48.0 Å². The van der Waals surface area contributed by atoms with Crippen LogP contribution in [0.25, 0.3) is 11.4 Å². The zero-order valence-electron chi connectivity index (χ0n) is 17.0. The highest BCUT2D eigenvalue weighted by Crippen LogP contribution is 2.31. The highest BCUT2D eigenvalue weighted by atomic mass is 16.2. The van der Waals surface area contributed by atoms with Gasteiger partial charge >= 0.3 is 6.03 Å². The second-order valence-electron chi connectivity index (χ2n) is 8.71. The Morgan fingerprint density at radius 2 is 1.75 bits per heavy atom. The number of aromatic nitrogens is 2. The number of urea groups is 1. The second kappa shape index (κ2) is 7.41. The highest BCUT2D eigenvalue weighted by molar-refractivity contribution is 5.76. The van der Waals surface area contributed by atoms with Crippen LogP contribution in [0.15, 0.2) is 30.3 Å². The van der Waals surface area contributed by atoms with Crippen molar-refractivity contribution in [1.82, 2.24) is 20.2 Å². The van der Waals surface area contributed by atoms with Gasteiger partial charge in [-0.3, -0.25) is 0 Å². The van der Waals surface area contributed by atoms with Gasteiger partial charge in [0.05, 0.1) is 12.2 Å². The Morgan fingerprint density at radius 1 is 1.04 bits per heavy atom. The average molecular weight is 380 g/mol. The summed E-state index contributed by atoms with van der Waals surface area (Å²) in [6, 6.07) is 10.1. The second-order valence-corrected chi connectivity index (χ2v) is 8.71. The summed E-state index contributed by atoms with van der Waals surface area (Å²) < 4.78 is 0. The third-order valence-corrected chi connectivity index (χ3v) is 5.25. The van der Waals surface area contributed by atoms with Gasteiger partial charge in [-0.1, -0.05) is 30.3 Å². The van der Waals surface area contributed by atoms with Crippen LogP contribution in [0, 0.1) is 0 Å². The van der Waals surface area contributed by atoms with Gasteiger partial charge in [-0.15, -0.1) is 0 Å². The Hall–Kier alpha value is -2.63. The van der Waals surface area contributed by atoms with Crippen LogP contribution < -0.4 is 10.2 Å². The number of nitrogens with one attached hydrogen (secondary N) is 1. The van der Waals surface area contributed by atoms with Gasteiger partial charge in [0.2, 0.25) is 0 Å². The number of nitrogens with zero attached hydrogens (tertiary/aromatic N) is 4. The largest absolute Gasteiger partial charge is 0.356 e. The molecule has 0 radical (unpaired) electrons. The molecule has 2 aliphatic rings. The van der Waals surface area contributed by atoms with Gasteiger partial charge in [-0.05, 0) is 33.6 Å². The van der Waals surface area contributed by atoms with E-state index in [1.807, 2.05) is 43.9 Å². The van der Waals surface area contributed by atoms with E-state index in [2.05, 4.69) is 22.3 Å². The molecule has 2 amide bonds. The van der Waals surface area contributed by atoms with E-state index >= 15 is 0 Å². The summed E-state index contributed by atoms with van der Waals surface area (Å²) in [4.78, 5) is 26.8. The van der Waals surface area contributed by atoms with E-state index in [0.29, 0.717) is 13.1 Å². The maximum atomic E-state index is 12.7. The van der Waals surface area contributed by atoms with Gasteiger partial charge in [0.25, 0.3) is 0 Å². The monoisotopic (exact) mass is 379 g/mol. The third kappa shape index (κ3) is 3.96. The van der Waals surface area contributed by atoms with Crippen molar-refractivity contribution in [2.45, 2.75) is 52.1 Å². The first kappa shape index (κ1) is 18.7. The van der Waals surface area contributed by atoms with Crippen molar-refractivity contribution in [3.05, 3.63) is 41.6 Å². The van der Waals surface area contributed by atoms with Crippen LogP contribution in [0.2, 0.25) is 0 Å². The molecule has 0 unspecified atom stereocenters. The Kier molecular flexibility index (Phi) is 4.96. The van der Waals surface area contributed by atoms with Crippen LogP contribution in [0.5, 0.6) is 0 Å². The fraction of sp³-hybridized carbons (Fsp3) is 0.500. The Labute approximate surface area is 167 Å². The van der Waals surface area contributed by atoms with Crippen LogP contribution in [0.1, 0.15) is 44.9 Å². The number of hydrogen-bond donors (Lipinski definition) is 1. The molecule has 0 atom stereocenters. The molecule has 4 rings (SSSR count). The van der Waals surface area contributed by atoms with Crippen LogP contribution >= 0.6 is 0 Å².